The minimum Gasteiger partial charge on any atom is -0.354 e. The van der Waals surface area contributed by atoms with Crippen molar-refractivity contribution in [3.8, 4) is 11.4 Å². The third kappa shape index (κ3) is 5.09. The molecule has 0 aliphatic carbocycles. The maximum atomic E-state index is 11.7. The van der Waals surface area contributed by atoms with Gasteiger partial charge in [-0.15, -0.1) is 22.6 Å². The number of halogens is 1. The zero-order valence-electron chi connectivity index (χ0n) is 12.7. The number of tetrazole rings is 1. The van der Waals surface area contributed by atoms with Crippen molar-refractivity contribution in [3.63, 3.8) is 0 Å². The number of aromatic nitrogens is 4. The quantitative estimate of drug-likeness (QED) is 0.818. The molecule has 2 aromatic rings. The molecule has 2 rings (SSSR count). The van der Waals surface area contributed by atoms with Crippen molar-refractivity contribution >= 4 is 18.3 Å². The number of benzene rings is 1. The van der Waals surface area contributed by atoms with Crippen LogP contribution in [0.15, 0.2) is 24.3 Å². The summed E-state index contributed by atoms with van der Waals surface area (Å²) >= 11 is 0. The molecule has 0 radical (unpaired) electrons. The summed E-state index contributed by atoms with van der Waals surface area (Å²) in [5.74, 6) is 0.613. The van der Waals surface area contributed by atoms with Crippen LogP contribution in [-0.2, 0) is 11.3 Å². The molecule has 0 saturated carbocycles. The predicted molar refractivity (Wildman–Crippen MR) is 86.5 cm³/mol. The lowest BCUT2D eigenvalue weighted by Gasteiger charge is -2.09. The van der Waals surface area contributed by atoms with Gasteiger partial charge in [0.2, 0.25) is 11.7 Å². The van der Waals surface area contributed by atoms with E-state index in [1.807, 2.05) is 38.1 Å². The van der Waals surface area contributed by atoms with E-state index in [1.165, 1.54) is 10.4 Å². The summed E-state index contributed by atoms with van der Waals surface area (Å²) in [5.41, 5.74) is 7.54. The van der Waals surface area contributed by atoms with Crippen LogP contribution in [0.1, 0.15) is 12.5 Å². The Morgan fingerprint density at radius 2 is 2.05 bits per heavy atom. The number of aryl methyl sites for hydroxylation is 1. The standard InChI is InChI=1S/C14H20N6O.ClH/c1-10-3-5-12(6-4-10)14-17-19-20(18-14)9-13(21)16-8-11(2)7-15;/h3-6,11H,7-9,15H2,1-2H3,(H,16,21);1H. The number of nitrogens with two attached hydrogens (primary N) is 1. The number of amides is 1. The van der Waals surface area contributed by atoms with E-state index in [-0.39, 0.29) is 30.8 Å². The highest BCUT2D eigenvalue weighted by atomic mass is 35.5. The summed E-state index contributed by atoms with van der Waals surface area (Å²) in [7, 11) is 0. The van der Waals surface area contributed by atoms with E-state index in [0.29, 0.717) is 18.9 Å². The summed E-state index contributed by atoms with van der Waals surface area (Å²) in [5, 5.41) is 14.9. The first-order valence-electron chi connectivity index (χ1n) is 6.90. The van der Waals surface area contributed by atoms with Gasteiger partial charge in [-0.1, -0.05) is 36.8 Å². The summed E-state index contributed by atoms with van der Waals surface area (Å²) in [6.45, 7) is 5.13. The Morgan fingerprint density at radius 1 is 1.36 bits per heavy atom. The average Bonchev–Trinajstić information content (AvgIpc) is 2.94. The lowest BCUT2D eigenvalue weighted by Crippen LogP contribution is -2.34. The zero-order chi connectivity index (χ0) is 15.2. The Kier molecular flexibility index (Phi) is 6.94. The second-order valence-corrected chi connectivity index (χ2v) is 5.15. The molecule has 22 heavy (non-hydrogen) atoms. The summed E-state index contributed by atoms with van der Waals surface area (Å²) in [4.78, 5) is 13.0. The van der Waals surface area contributed by atoms with E-state index in [0.717, 1.165) is 5.56 Å². The third-order valence-electron chi connectivity index (χ3n) is 3.10. The molecule has 0 bridgehead atoms. The average molecular weight is 325 g/mol. The minimum absolute atomic E-state index is 0. The number of carbonyl (C=O) groups is 1. The van der Waals surface area contributed by atoms with Crippen molar-refractivity contribution in [1.82, 2.24) is 25.5 Å². The van der Waals surface area contributed by atoms with Gasteiger partial charge in [0.25, 0.3) is 0 Å². The fourth-order valence-electron chi connectivity index (χ4n) is 1.68. The van der Waals surface area contributed by atoms with E-state index in [9.17, 15) is 4.79 Å². The van der Waals surface area contributed by atoms with Gasteiger partial charge in [0.1, 0.15) is 6.54 Å². The van der Waals surface area contributed by atoms with Crippen LogP contribution in [0.4, 0.5) is 0 Å². The number of nitrogens with one attached hydrogen (secondary N) is 1. The van der Waals surface area contributed by atoms with Gasteiger partial charge in [-0.2, -0.15) is 4.80 Å². The molecular formula is C14H21ClN6O. The van der Waals surface area contributed by atoms with Crippen molar-refractivity contribution < 1.29 is 4.79 Å². The molecule has 0 saturated heterocycles. The predicted octanol–water partition coefficient (Wildman–Crippen LogP) is 0.781. The normalized spacial score (nSPS) is 11.6. The molecule has 1 aromatic carbocycles. The van der Waals surface area contributed by atoms with Gasteiger partial charge in [0.15, 0.2) is 0 Å². The highest BCUT2D eigenvalue weighted by Gasteiger charge is 2.09. The molecule has 1 aromatic heterocycles. The van der Waals surface area contributed by atoms with Gasteiger partial charge in [-0.3, -0.25) is 4.79 Å². The molecular weight excluding hydrogens is 304 g/mol. The van der Waals surface area contributed by atoms with Gasteiger partial charge < -0.3 is 11.1 Å². The van der Waals surface area contributed by atoms with Crippen LogP contribution in [0.2, 0.25) is 0 Å². The van der Waals surface area contributed by atoms with Gasteiger partial charge in [0, 0.05) is 12.1 Å². The van der Waals surface area contributed by atoms with Gasteiger partial charge in [-0.25, -0.2) is 0 Å². The molecule has 0 spiro atoms. The summed E-state index contributed by atoms with van der Waals surface area (Å²) in [6.07, 6.45) is 0. The molecule has 1 unspecified atom stereocenters. The van der Waals surface area contributed by atoms with E-state index >= 15 is 0 Å². The highest BCUT2D eigenvalue weighted by Crippen LogP contribution is 2.13. The fraction of sp³-hybridized carbons (Fsp3) is 0.429. The van der Waals surface area contributed by atoms with E-state index in [1.54, 1.807) is 0 Å². The minimum atomic E-state index is -0.150. The number of hydrogen-bond acceptors (Lipinski definition) is 5. The third-order valence-corrected chi connectivity index (χ3v) is 3.10. The smallest absolute Gasteiger partial charge is 0.243 e. The van der Waals surface area contributed by atoms with Crippen LogP contribution >= 0.6 is 12.4 Å². The van der Waals surface area contributed by atoms with E-state index in [4.69, 9.17) is 5.73 Å². The molecule has 3 N–H and O–H groups in total. The second kappa shape index (κ2) is 8.45. The molecule has 0 fully saturated rings. The topological polar surface area (TPSA) is 98.7 Å². The number of hydrogen-bond donors (Lipinski definition) is 2. The molecule has 8 heteroatoms. The van der Waals surface area contributed by atoms with Crippen LogP contribution in [0, 0.1) is 12.8 Å². The Balaban J connectivity index is 0.00000242. The first-order chi connectivity index (χ1) is 10.1. The molecule has 7 nitrogen and oxygen atoms in total. The van der Waals surface area contributed by atoms with Gasteiger partial charge in [-0.05, 0) is 24.6 Å². The maximum Gasteiger partial charge on any atom is 0.243 e. The van der Waals surface area contributed by atoms with Crippen molar-refractivity contribution in [3.05, 3.63) is 29.8 Å². The molecule has 1 amide bonds. The molecule has 0 aliphatic rings. The number of nitrogens with zero attached hydrogens (tertiary/aromatic N) is 4. The van der Waals surface area contributed by atoms with Crippen molar-refractivity contribution in [2.75, 3.05) is 13.1 Å². The van der Waals surface area contributed by atoms with Crippen molar-refractivity contribution in [2.45, 2.75) is 20.4 Å². The number of carbonyl (C=O) groups excluding carboxylic acids is 1. The lowest BCUT2D eigenvalue weighted by molar-refractivity contribution is -0.122. The van der Waals surface area contributed by atoms with Crippen LogP contribution in [0.3, 0.4) is 0 Å². The monoisotopic (exact) mass is 324 g/mol. The van der Waals surface area contributed by atoms with Crippen LogP contribution in [-0.4, -0.2) is 39.2 Å². The van der Waals surface area contributed by atoms with Crippen LogP contribution < -0.4 is 11.1 Å². The molecule has 120 valence electrons. The Morgan fingerprint density at radius 3 is 2.68 bits per heavy atom. The molecule has 1 atom stereocenters. The zero-order valence-corrected chi connectivity index (χ0v) is 13.5. The molecule has 1 heterocycles. The van der Waals surface area contributed by atoms with E-state index < -0.39 is 0 Å². The first-order valence-corrected chi connectivity index (χ1v) is 6.90. The first kappa shape index (κ1) is 18.1. The van der Waals surface area contributed by atoms with Gasteiger partial charge >= 0.3 is 0 Å². The largest absolute Gasteiger partial charge is 0.354 e. The van der Waals surface area contributed by atoms with Gasteiger partial charge in [0.05, 0.1) is 0 Å². The lowest BCUT2D eigenvalue weighted by atomic mass is 10.1. The summed E-state index contributed by atoms with van der Waals surface area (Å²) in [6, 6.07) is 7.83. The highest BCUT2D eigenvalue weighted by molar-refractivity contribution is 5.85. The van der Waals surface area contributed by atoms with Crippen molar-refractivity contribution in [1.29, 1.82) is 0 Å². The Hall–Kier alpha value is -1.99. The maximum absolute atomic E-state index is 11.7. The Bertz CT molecular complexity index is 598. The number of rotatable bonds is 6. The van der Waals surface area contributed by atoms with Crippen molar-refractivity contribution in [2.24, 2.45) is 11.7 Å². The van der Waals surface area contributed by atoms with Crippen LogP contribution in [0.25, 0.3) is 11.4 Å². The SMILES string of the molecule is Cc1ccc(-c2nnn(CC(=O)NCC(C)CN)n2)cc1.Cl. The Labute approximate surface area is 135 Å². The fourth-order valence-corrected chi connectivity index (χ4v) is 1.68. The van der Waals surface area contributed by atoms with Crippen LogP contribution in [0.5, 0.6) is 0 Å². The second-order valence-electron chi connectivity index (χ2n) is 5.15. The van der Waals surface area contributed by atoms with E-state index in [2.05, 4.69) is 20.7 Å². The summed E-state index contributed by atoms with van der Waals surface area (Å²) < 4.78 is 0. The molecule has 0 aliphatic heterocycles.